The summed E-state index contributed by atoms with van der Waals surface area (Å²) in [5, 5.41) is 0. The van der Waals surface area contributed by atoms with Crippen LogP contribution in [-0.4, -0.2) is 4.99 Å². The molecule has 0 amide bonds. The smallest absolute Gasteiger partial charge is 0.0914 e. The van der Waals surface area contributed by atoms with Gasteiger partial charge < -0.3 is 4.90 Å². The van der Waals surface area contributed by atoms with Crippen LogP contribution in [-0.2, 0) is 6.42 Å². The molecule has 2 aromatic rings. The summed E-state index contributed by atoms with van der Waals surface area (Å²) in [6, 6.07) is 15.1. The molecule has 1 heterocycles. The van der Waals surface area contributed by atoms with Gasteiger partial charge in [-0.25, -0.2) is 0 Å². The Morgan fingerprint density at radius 3 is 2.33 bits per heavy atom. The van der Waals surface area contributed by atoms with Crippen molar-refractivity contribution >= 4 is 28.6 Å². The fourth-order valence-electron chi connectivity index (χ4n) is 2.43. The normalized spacial score (nSPS) is 13.9. The van der Waals surface area contributed by atoms with Crippen LogP contribution in [0.1, 0.15) is 16.7 Å². The second-order valence-corrected chi connectivity index (χ2v) is 5.34. The highest BCUT2D eigenvalue weighted by atomic mass is 32.1. The van der Waals surface area contributed by atoms with Crippen LogP contribution in [0.25, 0.3) is 0 Å². The van der Waals surface area contributed by atoms with E-state index in [1.807, 2.05) is 0 Å². The summed E-state index contributed by atoms with van der Waals surface area (Å²) in [6.45, 7) is 4.22. The zero-order valence-corrected chi connectivity index (χ0v) is 11.4. The van der Waals surface area contributed by atoms with Crippen LogP contribution in [0, 0.1) is 13.8 Å². The molecule has 0 saturated heterocycles. The number of hydrogen-bond donors (Lipinski definition) is 0. The first kappa shape index (κ1) is 11.4. The summed E-state index contributed by atoms with van der Waals surface area (Å²) >= 11 is 5.53. The van der Waals surface area contributed by atoms with Gasteiger partial charge in [0.15, 0.2) is 0 Å². The van der Waals surface area contributed by atoms with Gasteiger partial charge in [-0.1, -0.05) is 47.6 Å². The van der Waals surface area contributed by atoms with E-state index in [0.29, 0.717) is 0 Å². The minimum atomic E-state index is 0.875. The molecule has 0 spiro atoms. The quantitative estimate of drug-likeness (QED) is 0.696. The Hall–Kier alpha value is -1.67. The van der Waals surface area contributed by atoms with Crippen molar-refractivity contribution < 1.29 is 0 Å². The lowest BCUT2D eigenvalue weighted by Crippen LogP contribution is -2.18. The van der Waals surface area contributed by atoms with Crippen molar-refractivity contribution in [2.24, 2.45) is 0 Å². The number of rotatable bonds is 1. The van der Waals surface area contributed by atoms with Crippen LogP contribution >= 0.6 is 12.2 Å². The Balaban J connectivity index is 2.09. The molecule has 0 atom stereocenters. The van der Waals surface area contributed by atoms with Gasteiger partial charge in [0.25, 0.3) is 0 Å². The largest absolute Gasteiger partial charge is 0.304 e. The lowest BCUT2D eigenvalue weighted by atomic mass is 10.1. The van der Waals surface area contributed by atoms with Crippen LogP contribution in [0.3, 0.4) is 0 Å². The predicted molar refractivity (Wildman–Crippen MR) is 80.8 cm³/mol. The van der Waals surface area contributed by atoms with Gasteiger partial charge in [0.1, 0.15) is 0 Å². The highest BCUT2D eigenvalue weighted by Crippen LogP contribution is 2.36. The Bertz CT molecular complexity index is 613. The van der Waals surface area contributed by atoms with Crippen molar-refractivity contribution in [3.63, 3.8) is 0 Å². The van der Waals surface area contributed by atoms with Gasteiger partial charge in [-0.3, -0.25) is 0 Å². The Kier molecular flexibility index (Phi) is 2.67. The molecule has 0 aromatic heterocycles. The fourth-order valence-corrected chi connectivity index (χ4v) is 2.79. The molecule has 0 fully saturated rings. The molecule has 3 rings (SSSR count). The molecule has 0 saturated carbocycles. The van der Waals surface area contributed by atoms with Crippen molar-refractivity contribution in [2.75, 3.05) is 4.90 Å². The molecule has 0 unspecified atom stereocenters. The first-order chi connectivity index (χ1) is 8.65. The van der Waals surface area contributed by atoms with Crippen LogP contribution < -0.4 is 4.90 Å². The van der Waals surface area contributed by atoms with Crippen molar-refractivity contribution in [2.45, 2.75) is 20.3 Å². The Morgan fingerprint density at radius 2 is 1.61 bits per heavy atom. The second-order valence-electron chi connectivity index (χ2n) is 4.87. The van der Waals surface area contributed by atoms with E-state index in [1.165, 1.54) is 22.4 Å². The zero-order chi connectivity index (χ0) is 12.7. The van der Waals surface area contributed by atoms with E-state index in [4.69, 9.17) is 12.2 Å². The first-order valence-electron chi connectivity index (χ1n) is 6.14. The molecular weight excluding hydrogens is 238 g/mol. The number of benzene rings is 2. The van der Waals surface area contributed by atoms with E-state index in [2.05, 4.69) is 61.2 Å². The first-order valence-corrected chi connectivity index (χ1v) is 6.55. The third kappa shape index (κ3) is 1.83. The van der Waals surface area contributed by atoms with Gasteiger partial charge in [0.05, 0.1) is 10.7 Å². The number of nitrogens with zero attached hydrogens (tertiary/aromatic N) is 1. The molecule has 1 aliphatic rings. The summed E-state index contributed by atoms with van der Waals surface area (Å²) in [6.07, 6.45) is 0.875. The SMILES string of the molecule is Cc1ccc(N2C(=S)Cc3cc(C)ccc32)cc1. The average Bonchev–Trinajstić information content (AvgIpc) is 2.65. The molecule has 0 aliphatic carbocycles. The highest BCUT2D eigenvalue weighted by molar-refractivity contribution is 7.80. The van der Waals surface area contributed by atoms with E-state index >= 15 is 0 Å². The standard InChI is InChI=1S/C16H15NS/c1-11-3-6-14(7-4-11)17-15-8-5-12(2)9-13(15)10-16(17)18/h3-9H,10H2,1-2H3. The van der Waals surface area contributed by atoms with Crippen LogP contribution in [0.2, 0.25) is 0 Å². The highest BCUT2D eigenvalue weighted by Gasteiger charge is 2.25. The van der Waals surface area contributed by atoms with E-state index < -0.39 is 0 Å². The maximum absolute atomic E-state index is 5.53. The van der Waals surface area contributed by atoms with Gasteiger partial charge >= 0.3 is 0 Å². The molecule has 2 aromatic carbocycles. The van der Waals surface area contributed by atoms with Crippen molar-refractivity contribution in [1.82, 2.24) is 0 Å². The lowest BCUT2D eigenvalue weighted by molar-refractivity contribution is 1.35. The third-order valence-corrected chi connectivity index (χ3v) is 3.69. The van der Waals surface area contributed by atoms with Gasteiger partial charge in [0, 0.05) is 12.1 Å². The van der Waals surface area contributed by atoms with Crippen molar-refractivity contribution in [1.29, 1.82) is 0 Å². The van der Waals surface area contributed by atoms with Gasteiger partial charge in [-0.2, -0.15) is 0 Å². The number of aryl methyl sites for hydroxylation is 2. The number of anilines is 2. The Morgan fingerprint density at radius 1 is 0.944 bits per heavy atom. The van der Waals surface area contributed by atoms with E-state index in [9.17, 15) is 0 Å². The van der Waals surface area contributed by atoms with E-state index in [0.717, 1.165) is 17.1 Å². The predicted octanol–water partition coefficient (Wildman–Crippen LogP) is 4.33. The molecule has 0 radical (unpaired) electrons. The molecule has 0 bridgehead atoms. The fraction of sp³-hybridized carbons (Fsp3) is 0.188. The molecule has 90 valence electrons. The van der Waals surface area contributed by atoms with Crippen molar-refractivity contribution in [3.05, 3.63) is 59.2 Å². The molecular formula is C16H15NS. The monoisotopic (exact) mass is 253 g/mol. The number of thiocarbonyl (C=S) groups is 1. The van der Waals surface area contributed by atoms with Crippen LogP contribution in [0.5, 0.6) is 0 Å². The maximum atomic E-state index is 5.53. The summed E-state index contributed by atoms with van der Waals surface area (Å²) in [4.78, 5) is 3.17. The van der Waals surface area contributed by atoms with Crippen LogP contribution in [0.4, 0.5) is 11.4 Å². The topological polar surface area (TPSA) is 3.24 Å². The molecule has 2 heteroatoms. The number of fused-ring (bicyclic) bond motifs is 1. The zero-order valence-electron chi connectivity index (χ0n) is 10.6. The van der Waals surface area contributed by atoms with E-state index in [-0.39, 0.29) is 0 Å². The van der Waals surface area contributed by atoms with Gasteiger partial charge in [-0.05, 0) is 37.6 Å². The summed E-state index contributed by atoms with van der Waals surface area (Å²) < 4.78 is 0. The van der Waals surface area contributed by atoms with Crippen molar-refractivity contribution in [3.8, 4) is 0 Å². The molecule has 0 N–H and O–H groups in total. The summed E-state index contributed by atoms with van der Waals surface area (Å²) in [5.74, 6) is 0. The Labute approximate surface area is 113 Å². The minimum absolute atomic E-state index is 0.875. The second kappa shape index (κ2) is 4.21. The maximum Gasteiger partial charge on any atom is 0.0914 e. The molecule has 1 nitrogen and oxygen atoms in total. The van der Waals surface area contributed by atoms with Gasteiger partial charge in [-0.15, -0.1) is 0 Å². The minimum Gasteiger partial charge on any atom is -0.304 e. The summed E-state index contributed by atoms with van der Waals surface area (Å²) in [7, 11) is 0. The average molecular weight is 253 g/mol. The van der Waals surface area contributed by atoms with Crippen LogP contribution in [0.15, 0.2) is 42.5 Å². The van der Waals surface area contributed by atoms with E-state index in [1.54, 1.807) is 0 Å². The lowest BCUT2D eigenvalue weighted by Gasteiger charge is -2.20. The molecule has 18 heavy (non-hydrogen) atoms. The number of hydrogen-bond acceptors (Lipinski definition) is 1. The third-order valence-electron chi connectivity index (χ3n) is 3.36. The summed E-state index contributed by atoms with van der Waals surface area (Å²) in [5.41, 5.74) is 6.29. The van der Waals surface area contributed by atoms with Gasteiger partial charge in [0.2, 0.25) is 0 Å². The molecule has 1 aliphatic heterocycles.